The van der Waals surface area contributed by atoms with Gasteiger partial charge in [0.05, 0.1) is 18.6 Å². The van der Waals surface area contributed by atoms with Crippen LogP contribution in [0.5, 0.6) is 0 Å². The Kier molecular flexibility index (Phi) is 3.85. The van der Waals surface area contributed by atoms with E-state index in [0.29, 0.717) is 11.2 Å². The molecule has 0 aliphatic carbocycles. The van der Waals surface area contributed by atoms with Crippen LogP contribution in [0.4, 0.5) is 0 Å². The molecule has 8 heteroatoms. The highest BCUT2D eigenvalue weighted by molar-refractivity contribution is 5.73. The lowest BCUT2D eigenvalue weighted by molar-refractivity contribution is -0.0511. The van der Waals surface area contributed by atoms with Gasteiger partial charge in [-0.15, -0.1) is 0 Å². The van der Waals surface area contributed by atoms with Crippen molar-refractivity contribution in [2.75, 3.05) is 6.61 Å². The second-order valence-electron chi connectivity index (χ2n) is 5.12. The number of imidazole rings is 1. The molecule has 8 nitrogen and oxygen atoms in total. The Hall–Kier alpha value is -1.61. The molecule has 0 spiro atoms. The van der Waals surface area contributed by atoms with Crippen LogP contribution in [0, 0.1) is 0 Å². The van der Waals surface area contributed by atoms with Gasteiger partial charge in [0, 0.05) is 0 Å². The highest BCUT2D eigenvalue weighted by Gasteiger charge is 2.43. The number of ether oxygens (including phenoxy) is 1. The van der Waals surface area contributed by atoms with E-state index in [1.54, 1.807) is 4.57 Å². The third-order valence-corrected chi connectivity index (χ3v) is 3.71. The van der Waals surface area contributed by atoms with Crippen LogP contribution in [0.25, 0.3) is 11.2 Å². The van der Waals surface area contributed by atoms with Gasteiger partial charge < -0.3 is 20.1 Å². The van der Waals surface area contributed by atoms with Crippen LogP contribution in [0.3, 0.4) is 0 Å². The highest BCUT2D eigenvalue weighted by Crippen LogP contribution is 2.31. The summed E-state index contributed by atoms with van der Waals surface area (Å²) in [5.41, 5.74) is 2.05. The number of aliphatic hydroxyl groups is 3. The van der Waals surface area contributed by atoms with E-state index >= 15 is 0 Å². The molecule has 114 valence electrons. The zero-order chi connectivity index (χ0) is 15.0. The van der Waals surface area contributed by atoms with Crippen LogP contribution >= 0.6 is 0 Å². The van der Waals surface area contributed by atoms with E-state index in [9.17, 15) is 10.2 Å². The summed E-state index contributed by atoms with van der Waals surface area (Å²) in [6.45, 7) is 1.69. The second kappa shape index (κ2) is 5.64. The predicted octanol–water partition coefficient (Wildman–Crippen LogP) is -0.610. The first-order valence-corrected chi connectivity index (χ1v) is 6.96. The Morgan fingerprint density at radius 1 is 1.24 bits per heavy atom. The molecule has 4 unspecified atom stereocenters. The van der Waals surface area contributed by atoms with Crippen LogP contribution in [0.15, 0.2) is 12.7 Å². The quantitative estimate of drug-likeness (QED) is 0.689. The average Bonchev–Trinajstić information content (AvgIpc) is 3.03. The zero-order valence-electron chi connectivity index (χ0n) is 11.6. The molecule has 0 bridgehead atoms. The number of rotatable bonds is 4. The van der Waals surface area contributed by atoms with Crippen molar-refractivity contribution in [2.45, 2.75) is 44.3 Å². The van der Waals surface area contributed by atoms with Crippen LogP contribution in [-0.4, -0.2) is 59.8 Å². The zero-order valence-corrected chi connectivity index (χ0v) is 11.6. The SMILES string of the molecule is CCCc1ncnc2c1ncn2C1OC(CO)C(O)C1O. The fraction of sp³-hybridized carbons (Fsp3) is 0.615. The average molecular weight is 294 g/mol. The number of hydrogen-bond donors (Lipinski definition) is 3. The Labute approximate surface area is 121 Å². The molecular formula is C13H18N4O4. The molecule has 2 aromatic rings. The van der Waals surface area contributed by atoms with Crippen molar-refractivity contribution in [1.82, 2.24) is 19.5 Å². The largest absolute Gasteiger partial charge is 0.394 e. The summed E-state index contributed by atoms with van der Waals surface area (Å²) in [5, 5.41) is 29.1. The number of nitrogens with zero attached hydrogens (tertiary/aromatic N) is 4. The van der Waals surface area contributed by atoms with Crippen molar-refractivity contribution in [1.29, 1.82) is 0 Å². The van der Waals surface area contributed by atoms with Gasteiger partial charge in [-0.2, -0.15) is 0 Å². The maximum absolute atomic E-state index is 10.1. The van der Waals surface area contributed by atoms with E-state index < -0.39 is 24.5 Å². The normalized spacial score (nSPS) is 29.3. The molecule has 1 aliphatic heterocycles. The minimum Gasteiger partial charge on any atom is -0.394 e. The summed E-state index contributed by atoms with van der Waals surface area (Å²) in [6, 6.07) is 0. The number of hydrogen-bond acceptors (Lipinski definition) is 7. The lowest BCUT2D eigenvalue weighted by Gasteiger charge is -2.16. The first-order valence-electron chi connectivity index (χ1n) is 6.96. The molecule has 1 fully saturated rings. The number of fused-ring (bicyclic) bond motifs is 1. The molecule has 0 radical (unpaired) electrons. The van der Waals surface area contributed by atoms with Crippen molar-refractivity contribution in [3.63, 3.8) is 0 Å². The van der Waals surface area contributed by atoms with Crippen molar-refractivity contribution in [3.05, 3.63) is 18.3 Å². The minimum atomic E-state index is -1.15. The van der Waals surface area contributed by atoms with Gasteiger partial charge in [0.1, 0.15) is 30.2 Å². The van der Waals surface area contributed by atoms with E-state index in [2.05, 4.69) is 21.9 Å². The molecule has 3 heterocycles. The van der Waals surface area contributed by atoms with Crippen molar-refractivity contribution in [2.24, 2.45) is 0 Å². The van der Waals surface area contributed by atoms with E-state index in [1.165, 1.54) is 12.7 Å². The van der Waals surface area contributed by atoms with Crippen LogP contribution in [0.2, 0.25) is 0 Å². The van der Waals surface area contributed by atoms with Crippen molar-refractivity contribution < 1.29 is 20.1 Å². The highest BCUT2D eigenvalue weighted by atomic mass is 16.6. The summed E-state index contributed by atoms with van der Waals surface area (Å²) < 4.78 is 7.07. The summed E-state index contributed by atoms with van der Waals surface area (Å²) in [6.07, 6.45) is 0.745. The summed E-state index contributed by atoms with van der Waals surface area (Å²) in [4.78, 5) is 12.7. The van der Waals surface area contributed by atoms with Gasteiger partial charge in [0.25, 0.3) is 0 Å². The first-order chi connectivity index (χ1) is 10.2. The number of aryl methyl sites for hydroxylation is 1. The molecule has 1 saturated heterocycles. The molecule has 1 aliphatic rings. The Morgan fingerprint density at radius 3 is 2.71 bits per heavy atom. The molecule has 0 saturated carbocycles. The third kappa shape index (κ3) is 2.30. The Balaban J connectivity index is 2.00. The maximum atomic E-state index is 10.1. The standard InChI is InChI=1S/C13H18N4O4/c1-2-3-7-9-12(15-5-14-7)17(6-16-9)13-11(20)10(19)8(4-18)21-13/h5-6,8,10-11,13,18-20H,2-4H2,1H3. The van der Waals surface area contributed by atoms with Gasteiger partial charge in [-0.05, 0) is 6.42 Å². The van der Waals surface area contributed by atoms with Crippen LogP contribution in [0.1, 0.15) is 25.3 Å². The van der Waals surface area contributed by atoms with Gasteiger partial charge in [-0.3, -0.25) is 4.57 Å². The van der Waals surface area contributed by atoms with Crippen LogP contribution < -0.4 is 0 Å². The molecular weight excluding hydrogens is 276 g/mol. The summed E-state index contributed by atoms with van der Waals surface area (Å²) in [5.74, 6) is 0. The van der Waals surface area contributed by atoms with Gasteiger partial charge >= 0.3 is 0 Å². The molecule has 2 aromatic heterocycles. The van der Waals surface area contributed by atoms with Crippen molar-refractivity contribution >= 4 is 11.2 Å². The molecule has 3 rings (SSSR count). The predicted molar refractivity (Wildman–Crippen MR) is 72.3 cm³/mol. The number of aliphatic hydroxyl groups excluding tert-OH is 3. The fourth-order valence-electron chi connectivity index (χ4n) is 2.62. The Bertz CT molecular complexity index is 632. The van der Waals surface area contributed by atoms with E-state index in [4.69, 9.17) is 9.84 Å². The van der Waals surface area contributed by atoms with E-state index in [1.807, 2.05) is 0 Å². The number of aromatic nitrogens is 4. The Morgan fingerprint density at radius 2 is 2.05 bits per heavy atom. The second-order valence-corrected chi connectivity index (χ2v) is 5.12. The van der Waals surface area contributed by atoms with Crippen molar-refractivity contribution in [3.8, 4) is 0 Å². The molecule has 0 amide bonds. The summed E-state index contributed by atoms with van der Waals surface area (Å²) in [7, 11) is 0. The minimum absolute atomic E-state index is 0.364. The molecule has 0 aromatic carbocycles. The lowest BCUT2D eigenvalue weighted by Crippen LogP contribution is -2.33. The van der Waals surface area contributed by atoms with Gasteiger partial charge in [-0.25, -0.2) is 15.0 Å². The van der Waals surface area contributed by atoms with E-state index in [0.717, 1.165) is 18.5 Å². The first kappa shape index (κ1) is 14.3. The van der Waals surface area contributed by atoms with Gasteiger partial charge in [-0.1, -0.05) is 13.3 Å². The van der Waals surface area contributed by atoms with Gasteiger partial charge in [0.15, 0.2) is 11.9 Å². The smallest absolute Gasteiger partial charge is 0.165 e. The fourth-order valence-corrected chi connectivity index (χ4v) is 2.62. The molecule has 4 atom stereocenters. The summed E-state index contributed by atoms with van der Waals surface area (Å²) >= 11 is 0. The molecule has 21 heavy (non-hydrogen) atoms. The lowest BCUT2D eigenvalue weighted by atomic mass is 10.1. The topological polar surface area (TPSA) is 114 Å². The monoisotopic (exact) mass is 294 g/mol. The molecule has 3 N–H and O–H groups in total. The van der Waals surface area contributed by atoms with Gasteiger partial charge in [0.2, 0.25) is 0 Å². The maximum Gasteiger partial charge on any atom is 0.165 e. The van der Waals surface area contributed by atoms with E-state index in [-0.39, 0.29) is 6.61 Å². The third-order valence-electron chi connectivity index (χ3n) is 3.71. The van der Waals surface area contributed by atoms with Crippen LogP contribution in [-0.2, 0) is 11.2 Å².